The summed E-state index contributed by atoms with van der Waals surface area (Å²) in [7, 11) is -0.361. The van der Waals surface area contributed by atoms with Crippen LogP contribution in [0.5, 0.6) is 0 Å². The van der Waals surface area contributed by atoms with Gasteiger partial charge in [-0.05, 0) is 0 Å². The standard InChI is InChI=1S/C3H6.C2H6Ge.Ti/c2*1-3-2;/h2*1-2H3;. The molecule has 0 bridgehead atoms. The molecule has 0 atom stereocenters. The van der Waals surface area contributed by atoms with Gasteiger partial charge in [-0.15, -0.1) is 0 Å². The topological polar surface area (TPSA) is 0 Å². The van der Waals surface area contributed by atoms with Gasteiger partial charge < -0.3 is 0 Å². The van der Waals surface area contributed by atoms with Gasteiger partial charge in [0, 0.05) is 0 Å². The molecule has 0 spiro atoms. The molecule has 0 saturated heterocycles. The maximum atomic E-state index is 2.47. The third kappa shape index (κ3) is 7.13. The quantitative estimate of drug-likeness (QED) is 0.511. The second-order valence-electron chi connectivity index (χ2n) is 2.12. The van der Waals surface area contributed by atoms with Crippen LogP contribution >= 0.6 is 0 Å². The van der Waals surface area contributed by atoms with Crippen LogP contribution in [-0.2, 0) is 15.9 Å². The molecule has 0 aromatic heterocycles. The first-order valence-electron chi connectivity index (χ1n) is 2.50. The molecule has 0 rings (SSSR count). The van der Waals surface area contributed by atoms with E-state index in [0.29, 0.717) is 15.9 Å². The summed E-state index contributed by atoms with van der Waals surface area (Å²) in [6.07, 6.45) is 0. The first kappa shape index (κ1) is 8.13. The maximum absolute atomic E-state index is 2.47. The molecule has 0 nitrogen and oxygen atoms in total. The van der Waals surface area contributed by atoms with Crippen LogP contribution in [-0.4, -0.2) is 14.8 Å². The molecular weight excluding hydrogens is 181 g/mol. The van der Waals surface area contributed by atoms with Crippen LogP contribution in [0.4, 0.5) is 0 Å². The van der Waals surface area contributed by atoms with Crippen molar-refractivity contribution in [3.8, 4) is 0 Å². The fourth-order valence-electron chi connectivity index (χ4n) is 0.500. The second kappa shape index (κ2) is 4.05. The number of hydrogen-bond donors (Lipinski definition) is 0. The van der Waals surface area contributed by atoms with Gasteiger partial charge in [0.05, 0.1) is 0 Å². The van der Waals surface area contributed by atoms with E-state index in [0.717, 1.165) is 0 Å². The van der Waals surface area contributed by atoms with E-state index in [4.69, 9.17) is 0 Å². The van der Waals surface area contributed by atoms with E-state index in [1.807, 2.05) is 0 Å². The molecule has 40 valence electrons. The third-order valence-corrected chi connectivity index (χ3v) is 10.7. The zero-order valence-electron chi connectivity index (χ0n) is 5.50. The van der Waals surface area contributed by atoms with Gasteiger partial charge in [0.2, 0.25) is 0 Å². The van der Waals surface area contributed by atoms with Crippen molar-refractivity contribution < 1.29 is 15.9 Å². The van der Waals surface area contributed by atoms with Crippen LogP contribution < -0.4 is 0 Å². The van der Waals surface area contributed by atoms with Crippen molar-refractivity contribution in [2.75, 3.05) is 0 Å². The predicted octanol–water partition coefficient (Wildman–Crippen LogP) is 1.53. The van der Waals surface area contributed by atoms with Gasteiger partial charge in [-0.25, -0.2) is 0 Å². The Hall–Kier alpha value is 1.13. The summed E-state index contributed by atoms with van der Waals surface area (Å²) in [5, 5.41) is 0. The SMILES string of the molecule is C[C](C)=[Ti]=[Ge]([CH3])[CH3]. The monoisotopic (exact) mass is 194 g/mol. The van der Waals surface area contributed by atoms with Crippen LogP contribution in [0.15, 0.2) is 0 Å². The van der Waals surface area contributed by atoms with Crippen LogP contribution in [0.1, 0.15) is 13.8 Å². The zero-order valence-corrected chi connectivity index (χ0v) is 9.16. The molecule has 0 radical (unpaired) electrons. The zero-order chi connectivity index (χ0) is 5.86. The van der Waals surface area contributed by atoms with E-state index < -0.39 is 0 Å². The van der Waals surface area contributed by atoms with Gasteiger partial charge in [0.15, 0.2) is 0 Å². The summed E-state index contributed by atoms with van der Waals surface area (Å²) in [4.78, 5) is 0. The fraction of sp³-hybridized carbons (Fsp3) is 0.800. The average Bonchev–Trinajstić information content (AvgIpc) is 1.27. The molecule has 0 amide bonds. The molecule has 0 aliphatic rings. The number of hydrogen-bond acceptors (Lipinski definition) is 0. The fourth-order valence-corrected chi connectivity index (χ4v) is 10.7. The van der Waals surface area contributed by atoms with Crippen molar-refractivity contribution in [1.29, 1.82) is 0 Å². The molecule has 0 aromatic carbocycles. The summed E-state index contributed by atoms with van der Waals surface area (Å²) in [5.74, 6) is 4.93. The molecule has 0 aliphatic carbocycles. The molecule has 2 heteroatoms. The predicted molar refractivity (Wildman–Crippen MR) is 33.8 cm³/mol. The van der Waals surface area contributed by atoms with Gasteiger partial charge in [-0.2, -0.15) is 0 Å². The van der Waals surface area contributed by atoms with Crippen molar-refractivity contribution in [2.24, 2.45) is 0 Å². The Labute approximate surface area is 55.9 Å². The van der Waals surface area contributed by atoms with E-state index in [2.05, 4.69) is 25.4 Å². The van der Waals surface area contributed by atoms with Gasteiger partial charge in [0.1, 0.15) is 0 Å². The van der Waals surface area contributed by atoms with Crippen molar-refractivity contribution in [3.05, 3.63) is 0 Å². The molecule has 0 fully saturated rings. The van der Waals surface area contributed by atoms with Crippen molar-refractivity contribution in [3.63, 3.8) is 0 Å². The normalized spacial score (nSPS) is 7.43. The molecular formula is C5H12GeTi. The molecule has 0 aliphatic heterocycles. The molecule has 0 saturated carbocycles. The molecule has 7 heavy (non-hydrogen) atoms. The van der Waals surface area contributed by atoms with Crippen molar-refractivity contribution in [2.45, 2.75) is 25.4 Å². The van der Waals surface area contributed by atoms with Crippen LogP contribution in [0, 0.1) is 0 Å². The minimum atomic E-state index is -0.361. The van der Waals surface area contributed by atoms with E-state index in [1.165, 1.54) is 0 Å². The summed E-state index contributed by atoms with van der Waals surface area (Å²) in [5.41, 5.74) is 0. The van der Waals surface area contributed by atoms with E-state index in [1.54, 1.807) is 3.81 Å². The third-order valence-electron chi connectivity index (χ3n) is 0.500. The van der Waals surface area contributed by atoms with Crippen LogP contribution in [0.25, 0.3) is 0 Å². The summed E-state index contributed by atoms with van der Waals surface area (Å²) in [6.45, 7) is 4.56. The summed E-state index contributed by atoms with van der Waals surface area (Å²) >= 11 is 0.472. The van der Waals surface area contributed by atoms with Gasteiger partial charge >= 0.3 is 56.0 Å². The molecule has 0 N–H and O–H groups in total. The van der Waals surface area contributed by atoms with E-state index in [-0.39, 0.29) is 11.0 Å². The van der Waals surface area contributed by atoms with Crippen LogP contribution in [0.3, 0.4) is 0 Å². The summed E-state index contributed by atoms with van der Waals surface area (Å²) in [6, 6.07) is 0. The Bertz CT molecular complexity index is 100. The summed E-state index contributed by atoms with van der Waals surface area (Å²) < 4.78 is 1.74. The van der Waals surface area contributed by atoms with Gasteiger partial charge in [-0.1, -0.05) is 0 Å². The van der Waals surface area contributed by atoms with Gasteiger partial charge in [-0.3, -0.25) is 0 Å². The Morgan fingerprint density at radius 2 is 1.71 bits per heavy atom. The molecule has 0 aromatic rings. The van der Waals surface area contributed by atoms with E-state index >= 15 is 0 Å². The number of rotatable bonds is 0. The Morgan fingerprint density at radius 3 is 1.71 bits per heavy atom. The first-order valence-corrected chi connectivity index (χ1v) is 12.6. The molecule has 0 unspecified atom stereocenters. The average molecular weight is 193 g/mol. The van der Waals surface area contributed by atoms with Crippen molar-refractivity contribution in [1.82, 2.24) is 0 Å². The van der Waals surface area contributed by atoms with Crippen LogP contribution in [0.2, 0.25) is 11.5 Å². The van der Waals surface area contributed by atoms with Gasteiger partial charge in [0.25, 0.3) is 0 Å². The second-order valence-corrected chi connectivity index (χ2v) is 18.5. The van der Waals surface area contributed by atoms with Crippen molar-refractivity contribution >= 4 is 14.8 Å². The minimum absolute atomic E-state index is 0.361. The Balaban J connectivity index is 4.13. The van der Waals surface area contributed by atoms with E-state index in [9.17, 15) is 0 Å². The molecule has 0 heterocycles. The Kier molecular flexibility index (Phi) is 4.70. The first-order chi connectivity index (χ1) is 3.13. The Morgan fingerprint density at radius 1 is 1.29 bits per heavy atom.